The maximum absolute atomic E-state index is 13.0. The first-order valence-electron chi connectivity index (χ1n) is 10.3. The smallest absolute Gasteiger partial charge is 0.272 e. The number of benzene rings is 1. The maximum Gasteiger partial charge on any atom is 0.272 e. The van der Waals surface area contributed by atoms with E-state index in [-0.39, 0.29) is 5.91 Å². The second-order valence-corrected chi connectivity index (χ2v) is 7.54. The fourth-order valence-electron chi connectivity index (χ4n) is 3.98. The van der Waals surface area contributed by atoms with Gasteiger partial charge in [0.25, 0.3) is 5.91 Å². The van der Waals surface area contributed by atoms with Crippen LogP contribution in [-0.4, -0.2) is 78.5 Å². The molecule has 0 atom stereocenters. The maximum atomic E-state index is 13.0. The molecular formula is C22H24N6O2. The van der Waals surface area contributed by atoms with Gasteiger partial charge in [0.1, 0.15) is 5.69 Å². The van der Waals surface area contributed by atoms with E-state index in [1.54, 1.807) is 6.20 Å². The minimum atomic E-state index is -0.0118. The summed E-state index contributed by atoms with van der Waals surface area (Å²) in [5.74, 6) is 0.872. The molecule has 3 aromatic rings. The van der Waals surface area contributed by atoms with Gasteiger partial charge in [0.15, 0.2) is 5.82 Å². The third-order valence-corrected chi connectivity index (χ3v) is 5.71. The molecule has 0 spiro atoms. The minimum Gasteiger partial charge on any atom is -0.378 e. The lowest BCUT2D eigenvalue weighted by Crippen LogP contribution is -2.49. The van der Waals surface area contributed by atoms with E-state index < -0.39 is 0 Å². The number of morpholine rings is 1. The zero-order chi connectivity index (χ0) is 20.3. The molecule has 8 heteroatoms. The standard InChI is InChI=1S/C22H24N6O2/c29-22(20-6-5-17-3-1-2-4-19(17)24-20)28-9-7-26(8-10-28)18-15-21(25-23-16-18)27-11-13-30-14-12-27/h1-6,15-16H,7-14H2. The lowest BCUT2D eigenvalue weighted by Gasteiger charge is -2.36. The van der Waals surface area contributed by atoms with Crippen LogP contribution in [0.4, 0.5) is 11.5 Å². The van der Waals surface area contributed by atoms with Crippen molar-refractivity contribution in [2.24, 2.45) is 0 Å². The van der Waals surface area contributed by atoms with Crippen molar-refractivity contribution < 1.29 is 9.53 Å². The molecule has 0 unspecified atom stereocenters. The Kier molecular flexibility index (Phi) is 5.15. The first kappa shape index (κ1) is 18.7. The van der Waals surface area contributed by atoms with Crippen LogP contribution in [0.25, 0.3) is 10.9 Å². The molecular weight excluding hydrogens is 380 g/mol. The summed E-state index contributed by atoms with van der Waals surface area (Å²) in [7, 11) is 0. The quantitative estimate of drug-likeness (QED) is 0.659. The summed E-state index contributed by atoms with van der Waals surface area (Å²) in [6.07, 6.45) is 1.80. The number of aromatic nitrogens is 3. The molecule has 30 heavy (non-hydrogen) atoms. The molecule has 0 N–H and O–H groups in total. The molecule has 2 aromatic heterocycles. The van der Waals surface area contributed by atoms with Gasteiger partial charge in [0.2, 0.25) is 0 Å². The number of nitrogens with zero attached hydrogens (tertiary/aromatic N) is 6. The zero-order valence-corrected chi connectivity index (χ0v) is 16.8. The van der Waals surface area contributed by atoms with Gasteiger partial charge in [-0.3, -0.25) is 4.79 Å². The number of pyridine rings is 1. The lowest BCUT2D eigenvalue weighted by molar-refractivity contribution is 0.0741. The number of fused-ring (bicyclic) bond motifs is 1. The van der Waals surface area contributed by atoms with E-state index in [9.17, 15) is 4.79 Å². The Hall–Kier alpha value is -3.26. The Balaban J connectivity index is 1.25. The predicted octanol–water partition coefficient (Wildman–Crippen LogP) is 1.82. The van der Waals surface area contributed by atoms with Crippen molar-refractivity contribution in [2.75, 3.05) is 62.3 Å². The molecule has 0 bridgehead atoms. The highest BCUT2D eigenvalue weighted by Gasteiger charge is 2.24. The van der Waals surface area contributed by atoms with Gasteiger partial charge >= 0.3 is 0 Å². The van der Waals surface area contributed by atoms with Crippen molar-refractivity contribution in [3.63, 3.8) is 0 Å². The normalized spacial score (nSPS) is 17.4. The van der Waals surface area contributed by atoms with Crippen molar-refractivity contribution in [3.05, 3.63) is 54.4 Å². The molecule has 0 aliphatic carbocycles. The van der Waals surface area contributed by atoms with E-state index in [2.05, 4.69) is 31.0 Å². The summed E-state index contributed by atoms with van der Waals surface area (Å²) in [5.41, 5.74) is 2.39. The Morgan fingerprint density at radius 2 is 1.70 bits per heavy atom. The molecule has 2 saturated heterocycles. The summed E-state index contributed by atoms with van der Waals surface area (Å²) >= 11 is 0. The van der Waals surface area contributed by atoms with Gasteiger partial charge in [0.05, 0.1) is 30.6 Å². The number of amides is 1. The summed E-state index contributed by atoms with van der Waals surface area (Å²) in [6, 6.07) is 13.7. The highest BCUT2D eigenvalue weighted by molar-refractivity contribution is 5.95. The van der Waals surface area contributed by atoms with Crippen molar-refractivity contribution in [1.29, 1.82) is 0 Å². The van der Waals surface area contributed by atoms with E-state index >= 15 is 0 Å². The average Bonchev–Trinajstić information content (AvgIpc) is 2.84. The average molecular weight is 404 g/mol. The molecule has 8 nitrogen and oxygen atoms in total. The summed E-state index contributed by atoms with van der Waals surface area (Å²) in [4.78, 5) is 23.8. The van der Waals surface area contributed by atoms with E-state index in [0.29, 0.717) is 18.8 Å². The molecule has 2 aliphatic rings. The molecule has 4 heterocycles. The second kappa shape index (κ2) is 8.23. The number of hydrogen-bond donors (Lipinski definition) is 0. The number of piperazine rings is 1. The zero-order valence-electron chi connectivity index (χ0n) is 16.8. The molecule has 1 aromatic carbocycles. The number of carbonyl (C=O) groups excluding carboxylic acids is 1. The Morgan fingerprint density at radius 1 is 0.900 bits per heavy atom. The van der Waals surface area contributed by atoms with E-state index in [4.69, 9.17) is 4.74 Å². The third-order valence-electron chi connectivity index (χ3n) is 5.71. The van der Waals surface area contributed by atoms with Gasteiger partial charge in [-0.05, 0) is 12.1 Å². The molecule has 154 valence electrons. The van der Waals surface area contributed by atoms with Crippen molar-refractivity contribution >= 4 is 28.3 Å². The number of rotatable bonds is 3. The highest BCUT2D eigenvalue weighted by Crippen LogP contribution is 2.22. The molecule has 2 aliphatic heterocycles. The number of hydrogen-bond acceptors (Lipinski definition) is 7. The van der Waals surface area contributed by atoms with Crippen LogP contribution in [0.1, 0.15) is 10.5 Å². The summed E-state index contributed by atoms with van der Waals surface area (Å²) in [5, 5.41) is 9.53. The van der Waals surface area contributed by atoms with Gasteiger partial charge in [0, 0.05) is 50.7 Å². The summed E-state index contributed by atoms with van der Waals surface area (Å²) in [6.45, 7) is 5.93. The highest BCUT2D eigenvalue weighted by atomic mass is 16.5. The fourth-order valence-corrected chi connectivity index (χ4v) is 3.98. The van der Waals surface area contributed by atoms with E-state index in [0.717, 1.165) is 61.8 Å². The molecule has 2 fully saturated rings. The Labute approximate surface area is 175 Å². The van der Waals surface area contributed by atoms with Gasteiger partial charge in [-0.15, -0.1) is 5.10 Å². The van der Waals surface area contributed by atoms with Gasteiger partial charge in [-0.1, -0.05) is 24.3 Å². The molecule has 5 rings (SSSR count). The van der Waals surface area contributed by atoms with Crippen LogP contribution in [-0.2, 0) is 4.74 Å². The van der Waals surface area contributed by atoms with E-state index in [1.165, 1.54) is 0 Å². The number of para-hydroxylation sites is 1. The third kappa shape index (κ3) is 3.78. The van der Waals surface area contributed by atoms with Crippen molar-refractivity contribution in [3.8, 4) is 0 Å². The van der Waals surface area contributed by atoms with Gasteiger partial charge in [-0.2, -0.15) is 5.10 Å². The number of ether oxygens (including phenoxy) is 1. The Morgan fingerprint density at radius 3 is 2.53 bits per heavy atom. The van der Waals surface area contributed by atoms with Crippen LogP contribution in [0, 0.1) is 0 Å². The first-order chi connectivity index (χ1) is 14.8. The van der Waals surface area contributed by atoms with Crippen molar-refractivity contribution in [1.82, 2.24) is 20.1 Å². The largest absolute Gasteiger partial charge is 0.378 e. The number of anilines is 2. The second-order valence-electron chi connectivity index (χ2n) is 7.54. The SMILES string of the molecule is O=C(c1ccc2ccccc2n1)N1CCN(c2cnnc(N3CCOCC3)c2)CC1. The van der Waals surface area contributed by atoms with Crippen LogP contribution in [0.15, 0.2) is 48.7 Å². The van der Waals surface area contributed by atoms with Crippen LogP contribution >= 0.6 is 0 Å². The van der Waals surface area contributed by atoms with Crippen molar-refractivity contribution in [2.45, 2.75) is 0 Å². The van der Waals surface area contributed by atoms with Gasteiger partial charge < -0.3 is 19.4 Å². The van der Waals surface area contributed by atoms with Crippen LogP contribution in [0.5, 0.6) is 0 Å². The predicted molar refractivity (Wildman–Crippen MR) is 115 cm³/mol. The van der Waals surface area contributed by atoms with Crippen LogP contribution in [0.3, 0.4) is 0 Å². The Bertz CT molecular complexity index is 1040. The lowest BCUT2D eigenvalue weighted by atomic mass is 10.2. The van der Waals surface area contributed by atoms with E-state index in [1.807, 2.05) is 41.3 Å². The fraction of sp³-hybridized carbons (Fsp3) is 0.364. The monoisotopic (exact) mass is 404 g/mol. The molecule has 1 amide bonds. The first-order valence-corrected chi connectivity index (χ1v) is 10.3. The molecule has 0 radical (unpaired) electrons. The number of carbonyl (C=O) groups is 1. The summed E-state index contributed by atoms with van der Waals surface area (Å²) < 4.78 is 5.42. The minimum absolute atomic E-state index is 0.0118. The van der Waals surface area contributed by atoms with Crippen LogP contribution in [0.2, 0.25) is 0 Å². The molecule has 0 saturated carbocycles. The van der Waals surface area contributed by atoms with Gasteiger partial charge in [-0.25, -0.2) is 4.98 Å². The van der Waals surface area contributed by atoms with Crippen LogP contribution < -0.4 is 9.80 Å². The topological polar surface area (TPSA) is 74.7 Å².